The molecule has 4 heteroatoms. The SMILES string of the molecule is CCOc1ccc(/C=C/C(=O)NC(C)C(C)CO)cc1. The number of carbonyl (C=O) groups is 1. The second-order valence-corrected chi connectivity index (χ2v) is 4.79. The van der Waals surface area contributed by atoms with Gasteiger partial charge in [-0.15, -0.1) is 0 Å². The van der Waals surface area contributed by atoms with Crippen molar-refractivity contribution in [2.75, 3.05) is 13.2 Å². The molecule has 0 bridgehead atoms. The highest BCUT2D eigenvalue weighted by Crippen LogP contribution is 2.13. The maximum atomic E-state index is 11.7. The number of hydrogen-bond acceptors (Lipinski definition) is 3. The highest BCUT2D eigenvalue weighted by Gasteiger charge is 2.11. The highest BCUT2D eigenvalue weighted by molar-refractivity contribution is 5.91. The van der Waals surface area contributed by atoms with Gasteiger partial charge in [-0.1, -0.05) is 19.1 Å². The molecule has 1 amide bonds. The van der Waals surface area contributed by atoms with E-state index in [0.717, 1.165) is 11.3 Å². The Bertz CT molecular complexity index is 440. The first-order valence-corrected chi connectivity index (χ1v) is 6.89. The lowest BCUT2D eigenvalue weighted by atomic mass is 10.1. The Balaban J connectivity index is 2.52. The standard InChI is InChI=1S/C16H23NO3/c1-4-20-15-8-5-14(6-9-15)7-10-16(19)17-13(3)12(2)11-18/h5-10,12-13,18H,4,11H2,1-3H3,(H,17,19)/b10-7+. The Labute approximate surface area is 120 Å². The van der Waals surface area contributed by atoms with Gasteiger partial charge < -0.3 is 15.2 Å². The van der Waals surface area contributed by atoms with E-state index in [0.29, 0.717) is 6.61 Å². The summed E-state index contributed by atoms with van der Waals surface area (Å²) in [5, 5.41) is 11.8. The van der Waals surface area contributed by atoms with Crippen LogP contribution in [-0.4, -0.2) is 30.3 Å². The molecule has 1 aromatic rings. The number of rotatable bonds is 7. The summed E-state index contributed by atoms with van der Waals surface area (Å²) in [4.78, 5) is 11.7. The molecule has 0 saturated heterocycles. The van der Waals surface area contributed by atoms with E-state index in [-0.39, 0.29) is 24.5 Å². The Morgan fingerprint density at radius 1 is 1.35 bits per heavy atom. The topological polar surface area (TPSA) is 58.6 Å². The second kappa shape index (κ2) is 8.38. The largest absolute Gasteiger partial charge is 0.494 e. The van der Waals surface area contributed by atoms with Crippen molar-refractivity contribution in [2.24, 2.45) is 5.92 Å². The van der Waals surface area contributed by atoms with Crippen molar-refractivity contribution >= 4 is 12.0 Å². The first kappa shape index (κ1) is 16.2. The van der Waals surface area contributed by atoms with Crippen LogP contribution in [0.3, 0.4) is 0 Å². The zero-order valence-corrected chi connectivity index (χ0v) is 12.3. The Morgan fingerprint density at radius 2 is 2.00 bits per heavy atom. The average Bonchev–Trinajstić information content (AvgIpc) is 2.46. The molecule has 0 aliphatic heterocycles. The summed E-state index contributed by atoms with van der Waals surface area (Å²) < 4.78 is 5.35. The zero-order valence-electron chi connectivity index (χ0n) is 12.3. The summed E-state index contributed by atoms with van der Waals surface area (Å²) >= 11 is 0. The van der Waals surface area contributed by atoms with Crippen LogP contribution in [0.2, 0.25) is 0 Å². The Morgan fingerprint density at radius 3 is 2.55 bits per heavy atom. The average molecular weight is 277 g/mol. The van der Waals surface area contributed by atoms with Gasteiger partial charge in [0.05, 0.1) is 6.61 Å². The van der Waals surface area contributed by atoms with Gasteiger partial charge in [0.2, 0.25) is 5.91 Å². The predicted molar refractivity (Wildman–Crippen MR) is 80.5 cm³/mol. The lowest BCUT2D eigenvalue weighted by Gasteiger charge is -2.18. The van der Waals surface area contributed by atoms with E-state index in [1.165, 1.54) is 6.08 Å². The van der Waals surface area contributed by atoms with Gasteiger partial charge in [0.15, 0.2) is 0 Å². The van der Waals surface area contributed by atoms with Crippen molar-refractivity contribution in [2.45, 2.75) is 26.8 Å². The number of nitrogens with one attached hydrogen (secondary N) is 1. The molecule has 0 saturated carbocycles. The quantitative estimate of drug-likeness (QED) is 0.751. The molecule has 4 nitrogen and oxygen atoms in total. The first-order valence-electron chi connectivity index (χ1n) is 6.89. The third-order valence-corrected chi connectivity index (χ3v) is 3.13. The maximum Gasteiger partial charge on any atom is 0.244 e. The third kappa shape index (κ3) is 5.45. The van der Waals surface area contributed by atoms with Gasteiger partial charge in [-0.05, 0) is 43.5 Å². The van der Waals surface area contributed by atoms with Crippen LogP contribution >= 0.6 is 0 Å². The van der Waals surface area contributed by atoms with E-state index < -0.39 is 0 Å². The minimum atomic E-state index is -0.160. The minimum absolute atomic E-state index is 0.0397. The molecule has 0 aliphatic carbocycles. The van der Waals surface area contributed by atoms with E-state index in [1.807, 2.05) is 45.0 Å². The van der Waals surface area contributed by atoms with Crippen molar-refractivity contribution in [1.82, 2.24) is 5.32 Å². The monoisotopic (exact) mass is 277 g/mol. The molecule has 20 heavy (non-hydrogen) atoms. The summed E-state index contributed by atoms with van der Waals surface area (Å²) in [6, 6.07) is 7.48. The fraction of sp³-hybridized carbons (Fsp3) is 0.438. The minimum Gasteiger partial charge on any atom is -0.494 e. The molecule has 0 spiro atoms. The maximum absolute atomic E-state index is 11.7. The van der Waals surface area contributed by atoms with Gasteiger partial charge in [0.1, 0.15) is 5.75 Å². The molecule has 110 valence electrons. The van der Waals surface area contributed by atoms with Crippen LogP contribution in [0.25, 0.3) is 6.08 Å². The van der Waals surface area contributed by atoms with Crippen molar-refractivity contribution in [1.29, 1.82) is 0 Å². The number of aliphatic hydroxyl groups is 1. The van der Waals surface area contributed by atoms with Crippen LogP contribution in [0.5, 0.6) is 5.75 Å². The highest BCUT2D eigenvalue weighted by atomic mass is 16.5. The Kier molecular flexibility index (Phi) is 6.81. The molecule has 2 N–H and O–H groups in total. The normalized spacial score (nSPS) is 14.0. The van der Waals surface area contributed by atoms with Crippen LogP contribution in [0.15, 0.2) is 30.3 Å². The summed E-state index contributed by atoms with van der Waals surface area (Å²) in [6.45, 7) is 6.40. The second-order valence-electron chi connectivity index (χ2n) is 4.79. The van der Waals surface area contributed by atoms with Crippen molar-refractivity contribution in [3.05, 3.63) is 35.9 Å². The molecule has 0 radical (unpaired) electrons. The van der Waals surface area contributed by atoms with Crippen molar-refractivity contribution in [3.8, 4) is 5.75 Å². The van der Waals surface area contributed by atoms with Crippen LogP contribution in [0.4, 0.5) is 0 Å². The van der Waals surface area contributed by atoms with Gasteiger partial charge in [0.25, 0.3) is 0 Å². The van der Waals surface area contributed by atoms with E-state index in [2.05, 4.69) is 5.32 Å². The smallest absolute Gasteiger partial charge is 0.244 e. The van der Waals surface area contributed by atoms with Crippen molar-refractivity contribution < 1.29 is 14.6 Å². The van der Waals surface area contributed by atoms with Crippen LogP contribution in [0.1, 0.15) is 26.3 Å². The lowest BCUT2D eigenvalue weighted by Crippen LogP contribution is -2.37. The first-order chi connectivity index (χ1) is 9.56. The molecule has 0 aliphatic rings. The van der Waals surface area contributed by atoms with Crippen LogP contribution in [0, 0.1) is 5.92 Å². The third-order valence-electron chi connectivity index (χ3n) is 3.13. The van der Waals surface area contributed by atoms with Gasteiger partial charge in [0, 0.05) is 18.7 Å². The number of carbonyl (C=O) groups excluding carboxylic acids is 1. The van der Waals surface area contributed by atoms with Gasteiger partial charge in [-0.3, -0.25) is 4.79 Å². The molecule has 1 rings (SSSR count). The Hall–Kier alpha value is -1.81. The molecule has 0 aromatic heterocycles. The van der Waals surface area contributed by atoms with E-state index >= 15 is 0 Å². The molecule has 2 unspecified atom stereocenters. The van der Waals surface area contributed by atoms with E-state index in [1.54, 1.807) is 6.08 Å². The molecular formula is C16H23NO3. The van der Waals surface area contributed by atoms with Gasteiger partial charge in [-0.2, -0.15) is 0 Å². The number of benzene rings is 1. The molecular weight excluding hydrogens is 254 g/mol. The number of hydrogen-bond donors (Lipinski definition) is 2. The van der Waals surface area contributed by atoms with E-state index in [4.69, 9.17) is 9.84 Å². The fourth-order valence-electron chi connectivity index (χ4n) is 1.59. The molecule has 0 fully saturated rings. The number of amides is 1. The fourth-order valence-corrected chi connectivity index (χ4v) is 1.59. The number of ether oxygens (including phenoxy) is 1. The van der Waals surface area contributed by atoms with Crippen LogP contribution in [-0.2, 0) is 4.79 Å². The summed E-state index contributed by atoms with van der Waals surface area (Å²) in [6.07, 6.45) is 3.25. The zero-order chi connectivity index (χ0) is 15.0. The lowest BCUT2D eigenvalue weighted by molar-refractivity contribution is -0.117. The van der Waals surface area contributed by atoms with Gasteiger partial charge >= 0.3 is 0 Å². The van der Waals surface area contributed by atoms with Crippen LogP contribution < -0.4 is 10.1 Å². The molecule has 2 atom stereocenters. The summed E-state index contributed by atoms with van der Waals surface area (Å²) in [5.74, 6) is 0.698. The van der Waals surface area contributed by atoms with E-state index in [9.17, 15) is 4.79 Å². The summed E-state index contributed by atoms with van der Waals surface area (Å²) in [5.41, 5.74) is 0.937. The molecule has 1 aromatic carbocycles. The summed E-state index contributed by atoms with van der Waals surface area (Å²) in [7, 11) is 0. The number of aliphatic hydroxyl groups excluding tert-OH is 1. The van der Waals surface area contributed by atoms with Gasteiger partial charge in [-0.25, -0.2) is 0 Å². The van der Waals surface area contributed by atoms with Crippen molar-refractivity contribution in [3.63, 3.8) is 0 Å². The molecule has 0 heterocycles. The predicted octanol–water partition coefficient (Wildman–Crippen LogP) is 2.23.